The molecule has 17 heavy (non-hydrogen) atoms. The van der Waals surface area contributed by atoms with Gasteiger partial charge in [-0.3, -0.25) is 0 Å². The van der Waals surface area contributed by atoms with Gasteiger partial charge >= 0.3 is 0 Å². The van der Waals surface area contributed by atoms with Crippen LogP contribution in [-0.2, 0) is 6.42 Å². The minimum Gasteiger partial charge on any atom is -0.391 e. The Morgan fingerprint density at radius 2 is 2.41 bits per heavy atom. The number of fused-ring (bicyclic) bond motifs is 1. The predicted octanol–water partition coefficient (Wildman–Crippen LogP) is 1.82. The summed E-state index contributed by atoms with van der Waals surface area (Å²) in [6.07, 6.45) is 3.27. The third-order valence-corrected chi connectivity index (χ3v) is 4.36. The van der Waals surface area contributed by atoms with Crippen molar-refractivity contribution in [1.29, 1.82) is 0 Å². The van der Waals surface area contributed by atoms with Crippen molar-refractivity contribution in [3.05, 3.63) is 17.3 Å². The normalized spacial score (nSPS) is 20.4. The predicted molar refractivity (Wildman–Crippen MR) is 69.6 cm³/mol. The van der Waals surface area contributed by atoms with Crippen LogP contribution in [0, 0.1) is 0 Å². The SMILES string of the molecule is CCc1cc2c(N3CCC(O)C3)ncnc2s1. The molecule has 5 heteroatoms. The Kier molecular flexibility index (Phi) is 2.72. The highest BCUT2D eigenvalue weighted by Gasteiger charge is 2.23. The van der Waals surface area contributed by atoms with E-state index in [0.29, 0.717) is 6.54 Å². The molecule has 1 aliphatic rings. The smallest absolute Gasteiger partial charge is 0.140 e. The van der Waals surface area contributed by atoms with Crippen LogP contribution in [0.1, 0.15) is 18.2 Å². The Morgan fingerprint density at radius 3 is 3.12 bits per heavy atom. The van der Waals surface area contributed by atoms with Gasteiger partial charge in [0.1, 0.15) is 17.0 Å². The van der Waals surface area contributed by atoms with E-state index in [4.69, 9.17) is 0 Å². The average molecular weight is 249 g/mol. The molecule has 1 aliphatic heterocycles. The lowest BCUT2D eigenvalue weighted by Gasteiger charge is -2.16. The summed E-state index contributed by atoms with van der Waals surface area (Å²) in [4.78, 5) is 13.2. The largest absolute Gasteiger partial charge is 0.391 e. The molecule has 1 fully saturated rings. The number of aromatic nitrogens is 2. The molecule has 1 atom stereocenters. The monoisotopic (exact) mass is 249 g/mol. The number of β-amino-alcohol motifs (C(OH)–C–C–N with tert-alkyl or cyclic N) is 1. The zero-order valence-electron chi connectivity index (χ0n) is 9.76. The van der Waals surface area contributed by atoms with Gasteiger partial charge in [-0.1, -0.05) is 6.92 Å². The van der Waals surface area contributed by atoms with Crippen molar-refractivity contribution >= 4 is 27.4 Å². The van der Waals surface area contributed by atoms with Crippen LogP contribution in [0.25, 0.3) is 10.2 Å². The van der Waals surface area contributed by atoms with Crippen molar-refractivity contribution in [2.24, 2.45) is 0 Å². The van der Waals surface area contributed by atoms with Gasteiger partial charge in [-0.25, -0.2) is 9.97 Å². The van der Waals surface area contributed by atoms with Crippen LogP contribution in [0.2, 0.25) is 0 Å². The molecule has 0 amide bonds. The van der Waals surface area contributed by atoms with Gasteiger partial charge in [0.2, 0.25) is 0 Å². The first-order chi connectivity index (χ1) is 8.28. The maximum atomic E-state index is 9.60. The molecule has 2 aromatic heterocycles. The van der Waals surface area contributed by atoms with E-state index in [0.717, 1.165) is 35.4 Å². The Hall–Kier alpha value is -1.20. The van der Waals surface area contributed by atoms with Gasteiger partial charge in [-0.2, -0.15) is 0 Å². The first kappa shape index (κ1) is 10.9. The van der Waals surface area contributed by atoms with Gasteiger partial charge in [0.05, 0.1) is 11.5 Å². The highest BCUT2D eigenvalue weighted by molar-refractivity contribution is 7.18. The second-order valence-corrected chi connectivity index (χ2v) is 5.49. The van der Waals surface area contributed by atoms with Crippen LogP contribution < -0.4 is 4.90 Å². The highest BCUT2D eigenvalue weighted by Crippen LogP contribution is 2.31. The fourth-order valence-corrected chi connectivity index (χ4v) is 3.18. The molecule has 0 aromatic carbocycles. The number of aryl methyl sites for hydroxylation is 1. The van der Waals surface area contributed by atoms with E-state index in [-0.39, 0.29) is 6.10 Å². The molecule has 3 heterocycles. The molecule has 0 saturated carbocycles. The number of aliphatic hydroxyl groups is 1. The molecule has 4 nitrogen and oxygen atoms in total. The first-order valence-corrected chi connectivity index (χ1v) is 6.76. The Bertz CT molecular complexity index is 540. The third kappa shape index (κ3) is 1.89. The van der Waals surface area contributed by atoms with Crippen LogP contribution in [0.3, 0.4) is 0 Å². The zero-order chi connectivity index (χ0) is 11.8. The van der Waals surface area contributed by atoms with Gasteiger partial charge in [0.25, 0.3) is 0 Å². The standard InChI is InChI=1S/C12H15N3OS/c1-2-9-5-10-11(13-7-14-12(10)17-9)15-4-3-8(16)6-15/h5,7-8,16H,2-4,6H2,1H3. The molecule has 1 unspecified atom stereocenters. The van der Waals surface area contributed by atoms with Crippen LogP contribution in [-0.4, -0.2) is 34.3 Å². The molecular weight excluding hydrogens is 234 g/mol. The molecule has 3 rings (SSSR count). The van der Waals surface area contributed by atoms with Gasteiger partial charge in [-0.05, 0) is 18.9 Å². The van der Waals surface area contributed by atoms with E-state index in [1.807, 2.05) is 0 Å². The van der Waals surface area contributed by atoms with Crippen molar-refractivity contribution in [2.75, 3.05) is 18.0 Å². The summed E-state index contributed by atoms with van der Waals surface area (Å²) in [5.41, 5.74) is 0. The summed E-state index contributed by atoms with van der Waals surface area (Å²) >= 11 is 1.73. The summed E-state index contributed by atoms with van der Waals surface area (Å²) < 4.78 is 0. The van der Waals surface area contributed by atoms with E-state index in [1.54, 1.807) is 17.7 Å². The molecule has 0 spiro atoms. The Labute approximate surface area is 104 Å². The first-order valence-electron chi connectivity index (χ1n) is 5.94. The van der Waals surface area contributed by atoms with Gasteiger partial charge in [0.15, 0.2) is 0 Å². The van der Waals surface area contributed by atoms with Gasteiger partial charge in [-0.15, -0.1) is 11.3 Å². The maximum Gasteiger partial charge on any atom is 0.140 e. The van der Waals surface area contributed by atoms with E-state index in [1.165, 1.54) is 4.88 Å². The summed E-state index contributed by atoms with van der Waals surface area (Å²) in [5.74, 6) is 0.975. The second kappa shape index (κ2) is 4.23. The summed E-state index contributed by atoms with van der Waals surface area (Å²) in [7, 11) is 0. The summed E-state index contributed by atoms with van der Waals surface area (Å²) in [6, 6.07) is 2.18. The number of anilines is 1. The molecule has 90 valence electrons. The van der Waals surface area contributed by atoms with Crippen LogP contribution in [0.15, 0.2) is 12.4 Å². The lowest BCUT2D eigenvalue weighted by molar-refractivity contribution is 0.198. The topological polar surface area (TPSA) is 49.2 Å². The Balaban J connectivity index is 2.06. The van der Waals surface area contributed by atoms with E-state index in [2.05, 4.69) is 27.9 Å². The number of hydrogen-bond acceptors (Lipinski definition) is 5. The number of thiophene rings is 1. The number of aliphatic hydroxyl groups excluding tert-OH is 1. The highest BCUT2D eigenvalue weighted by atomic mass is 32.1. The van der Waals surface area contributed by atoms with Crippen LogP contribution in [0.4, 0.5) is 5.82 Å². The molecule has 0 radical (unpaired) electrons. The van der Waals surface area contributed by atoms with E-state index >= 15 is 0 Å². The lowest BCUT2D eigenvalue weighted by atomic mass is 10.3. The molecule has 1 saturated heterocycles. The number of nitrogens with zero attached hydrogens (tertiary/aromatic N) is 3. The van der Waals surface area contributed by atoms with Crippen molar-refractivity contribution in [3.8, 4) is 0 Å². The minimum atomic E-state index is -0.218. The molecular formula is C12H15N3OS. The van der Waals surface area contributed by atoms with Crippen molar-refractivity contribution in [3.63, 3.8) is 0 Å². The zero-order valence-corrected chi connectivity index (χ0v) is 10.6. The van der Waals surface area contributed by atoms with E-state index in [9.17, 15) is 5.11 Å². The van der Waals surface area contributed by atoms with Crippen molar-refractivity contribution < 1.29 is 5.11 Å². The fraction of sp³-hybridized carbons (Fsp3) is 0.500. The van der Waals surface area contributed by atoms with Gasteiger partial charge < -0.3 is 10.0 Å². The maximum absolute atomic E-state index is 9.60. The average Bonchev–Trinajstić information content (AvgIpc) is 2.93. The minimum absolute atomic E-state index is 0.218. The lowest BCUT2D eigenvalue weighted by Crippen LogP contribution is -2.22. The van der Waals surface area contributed by atoms with Crippen molar-refractivity contribution in [1.82, 2.24) is 9.97 Å². The summed E-state index contributed by atoms with van der Waals surface area (Å²) in [6.45, 7) is 3.71. The van der Waals surface area contributed by atoms with Gasteiger partial charge in [0, 0.05) is 18.0 Å². The molecule has 0 aliphatic carbocycles. The van der Waals surface area contributed by atoms with E-state index < -0.39 is 0 Å². The molecule has 1 N–H and O–H groups in total. The van der Waals surface area contributed by atoms with Crippen LogP contribution >= 0.6 is 11.3 Å². The third-order valence-electron chi connectivity index (χ3n) is 3.17. The number of rotatable bonds is 2. The van der Waals surface area contributed by atoms with Crippen LogP contribution in [0.5, 0.6) is 0 Å². The summed E-state index contributed by atoms with van der Waals surface area (Å²) in [5, 5.41) is 10.7. The fourth-order valence-electron chi connectivity index (χ4n) is 2.25. The van der Waals surface area contributed by atoms with Crippen molar-refractivity contribution in [2.45, 2.75) is 25.9 Å². The Morgan fingerprint density at radius 1 is 1.53 bits per heavy atom. The molecule has 0 bridgehead atoms. The number of hydrogen-bond donors (Lipinski definition) is 1. The quantitative estimate of drug-likeness (QED) is 0.882. The second-order valence-electron chi connectivity index (χ2n) is 4.37. The molecule has 2 aromatic rings.